The minimum Gasteiger partial charge on any atom is -0.399 e. The molecule has 1 aromatic carbocycles. The molecule has 0 saturated carbocycles. The van der Waals surface area contributed by atoms with E-state index in [1.54, 1.807) is 6.07 Å². The molecule has 1 heterocycles. The SMILES string of the molecule is CCOC1CCCN(C(=O)c2cc(N)ccc2N(C)C)C1. The molecule has 1 atom stereocenters. The minimum atomic E-state index is 0.0374. The van der Waals surface area contributed by atoms with E-state index in [1.165, 1.54) is 0 Å². The summed E-state index contributed by atoms with van der Waals surface area (Å²) >= 11 is 0. The van der Waals surface area contributed by atoms with Crippen molar-refractivity contribution in [2.24, 2.45) is 0 Å². The quantitative estimate of drug-likeness (QED) is 0.862. The number of rotatable bonds is 4. The second-order valence-corrected chi connectivity index (χ2v) is 5.64. The van der Waals surface area contributed by atoms with E-state index >= 15 is 0 Å². The summed E-state index contributed by atoms with van der Waals surface area (Å²) in [5, 5.41) is 0. The molecule has 0 aliphatic carbocycles. The molecule has 0 aromatic heterocycles. The highest BCUT2D eigenvalue weighted by molar-refractivity contribution is 6.00. The number of ether oxygens (including phenoxy) is 1. The maximum Gasteiger partial charge on any atom is 0.256 e. The highest BCUT2D eigenvalue weighted by atomic mass is 16.5. The monoisotopic (exact) mass is 291 g/mol. The van der Waals surface area contributed by atoms with Crippen molar-refractivity contribution in [1.29, 1.82) is 0 Å². The van der Waals surface area contributed by atoms with Crippen molar-refractivity contribution in [2.75, 3.05) is 44.4 Å². The molecule has 0 spiro atoms. The van der Waals surface area contributed by atoms with Crippen molar-refractivity contribution >= 4 is 17.3 Å². The number of benzene rings is 1. The van der Waals surface area contributed by atoms with Gasteiger partial charge in [0, 0.05) is 45.2 Å². The fraction of sp³-hybridized carbons (Fsp3) is 0.562. The van der Waals surface area contributed by atoms with Crippen LogP contribution in [0.25, 0.3) is 0 Å². The third-order valence-corrected chi connectivity index (χ3v) is 3.80. The molecule has 0 radical (unpaired) electrons. The molecule has 0 bridgehead atoms. The number of hydrogen-bond donors (Lipinski definition) is 1. The normalized spacial score (nSPS) is 18.6. The molecule has 1 unspecified atom stereocenters. The first-order chi connectivity index (χ1) is 10.0. The number of anilines is 2. The lowest BCUT2D eigenvalue weighted by Crippen LogP contribution is -2.43. The van der Waals surface area contributed by atoms with Gasteiger partial charge in [0.1, 0.15) is 0 Å². The van der Waals surface area contributed by atoms with E-state index in [-0.39, 0.29) is 12.0 Å². The predicted molar refractivity (Wildman–Crippen MR) is 85.7 cm³/mol. The Hall–Kier alpha value is -1.75. The number of carbonyl (C=O) groups is 1. The van der Waals surface area contributed by atoms with Gasteiger partial charge in [0.2, 0.25) is 0 Å². The fourth-order valence-corrected chi connectivity index (χ4v) is 2.78. The van der Waals surface area contributed by atoms with Gasteiger partial charge in [0.15, 0.2) is 0 Å². The minimum absolute atomic E-state index is 0.0374. The van der Waals surface area contributed by atoms with E-state index < -0.39 is 0 Å². The topological polar surface area (TPSA) is 58.8 Å². The Kier molecular flexibility index (Phi) is 5.07. The Bertz CT molecular complexity index is 500. The van der Waals surface area contributed by atoms with Crippen molar-refractivity contribution in [3.63, 3.8) is 0 Å². The molecule has 1 aliphatic heterocycles. The van der Waals surface area contributed by atoms with Crippen LogP contribution in [0.3, 0.4) is 0 Å². The van der Waals surface area contributed by atoms with Crippen molar-refractivity contribution in [2.45, 2.75) is 25.9 Å². The van der Waals surface area contributed by atoms with Crippen LogP contribution in [0.5, 0.6) is 0 Å². The number of amides is 1. The van der Waals surface area contributed by atoms with E-state index in [0.717, 1.165) is 25.1 Å². The molecular formula is C16H25N3O2. The number of likely N-dealkylation sites (tertiary alicyclic amines) is 1. The number of carbonyl (C=O) groups excluding carboxylic acids is 1. The summed E-state index contributed by atoms with van der Waals surface area (Å²) in [6.07, 6.45) is 2.15. The van der Waals surface area contributed by atoms with Crippen molar-refractivity contribution in [3.05, 3.63) is 23.8 Å². The lowest BCUT2D eigenvalue weighted by molar-refractivity contribution is 0.00727. The van der Waals surface area contributed by atoms with Gasteiger partial charge in [-0.25, -0.2) is 0 Å². The molecule has 1 aromatic rings. The van der Waals surface area contributed by atoms with E-state index in [4.69, 9.17) is 10.5 Å². The van der Waals surface area contributed by atoms with Gasteiger partial charge in [-0.05, 0) is 38.0 Å². The summed E-state index contributed by atoms with van der Waals surface area (Å²) in [4.78, 5) is 16.6. The zero-order valence-corrected chi connectivity index (χ0v) is 13.1. The predicted octanol–water partition coefficient (Wildman–Crippen LogP) is 1.98. The van der Waals surface area contributed by atoms with Crippen LogP contribution in [0.4, 0.5) is 11.4 Å². The van der Waals surface area contributed by atoms with E-state index in [1.807, 2.05) is 43.0 Å². The zero-order valence-electron chi connectivity index (χ0n) is 13.1. The van der Waals surface area contributed by atoms with Crippen LogP contribution in [0, 0.1) is 0 Å². The summed E-state index contributed by atoms with van der Waals surface area (Å²) in [6, 6.07) is 5.49. The Labute approximate surface area is 126 Å². The molecule has 1 saturated heterocycles. The first kappa shape index (κ1) is 15.6. The summed E-state index contributed by atoms with van der Waals surface area (Å²) in [7, 11) is 3.86. The van der Waals surface area contributed by atoms with E-state index in [9.17, 15) is 4.79 Å². The highest BCUT2D eigenvalue weighted by Crippen LogP contribution is 2.25. The van der Waals surface area contributed by atoms with E-state index in [0.29, 0.717) is 24.4 Å². The van der Waals surface area contributed by atoms with Crippen LogP contribution in [-0.2, 0) is 4.74 Å². The van der Waals surface area contributed by atoms with Gasteiger partial charge in [0.05, 0.1) is 11.7 Å². The third-order valence-electron chi connectivity index (χ3n) is 3.80. The third kappa shape index (κ3) is 3.67. The van der Waals surface area contributed by atoms with Gasteiger partial charge in [-0.3, -0.25) is 4.79 Å². The molecule has 116 valence electrons. The first-order valence-electron chi connectivity index (χ1n) is 7.50. The highest BCUT2D eigenvalue weighted by Gasteiger charge is 2.26. The number of nitrogens with two attached hydrogens (primary N) is 1. The van der Waals surface area contributed by atoms with Crippen LogP contribution in [0.15, 0.2) is 18.2 Å². The molecule has 2 N–H and O–H groups in total. The molecular weight excluding hydrogens is 266 g/mol. The number of nitrogens with zero attached hydrogens (tertiary/aromatic N) is 2. The van der Waals surface area contributed by atoms with E-state index in [2.05, 4.69) is 0 Å². The van der Waals surface area contributed by atoms with Gasteiger partial charge in [0.25, 0.3) is 5.91 Å². The average molecular weight is 291 g/mol. The fourth-order valence-electron chi connectivity index (χ4n) is 2.78. The molecule has 1 amide bonds. The summed E-state index contributed by atoms with van der Waals surface area (Å²) < 4.78 is 5.67. The van der Waals surface area contributed by atoms with Crippen LogP contribution >= 0.6 is 0 Å². The molecule has 1 fully saturated rings. The maximum absolute atomic E-state index is 12.8. The largest absolute Gasteiger partial charge is 0.399 e. The van der Waals surface area contributed by atoms with Crippen LogP contribution in [-0.4, -0.2) is 50.7 Å². The maximum atomic E-state index is 12.8. The lowest BCUT2D eigenvalue weighted by atomic mass is 10.0. The molecule has 21 heavy (non-hydrogen) atoms. The number of nitrogen functional groups attached to an aromatic ring is 1. The second kappa shape index (κ2) is 6.80. The number of hydrogen-bond acceptors (Lipinski definition) is 4. The molecule has 5 heteroatoms. The van der Waals surface area contributed by atoms with Crippen LogP contribution < -0.4 is 10.6 Å². The van der Waals surface area contributed by atoms with Gasteiger partial charge < -0.3 is 20.3 Å². The van der Waals surface area contributed by atoms with Gasteiger partial charge >= 0.3 is 0 Å². The summed E-state index contributed by atoms with van der Waals surface area (Å²) in [5.74, 6) is 0.0374. The Balaban J connectivity index is 2.21. The molecule has 2 rings (SSSR count). The Morgan fingerprint density at radius 2 is 2.24 bits per heavy atom. The standard InChI is InChI=1S/C16H25N3O2/c1-4-21-13-6-5-9-19(11-13)16(20)14-10-12(17)7-8-15(14)18(2)3/h7-8,10,13H,4-6,9,11,17H2,1-3H3. The van der Waals surface area contributed by atoms with Gasteiger partial charge in [-0.2, -0.15) is 0 Å². The van der Waals surface area contributed by atoms with Crippen LogP contribution in [0.2, 0.25) is 0 Å². The smallest absolute Gasteiger partial charge is 0.256 e. The van der Waals surface area contributed by atoms with Crippen molar-refractivity contribution in [1.82, 2.24) is 4.90 Å². The van der Waals surface area contributed by atoms with Gasteiger partial charge in [-0.1, -0.05) is 0 Å². The second-order valence-electron chi connectivity index (χ2n) is 5.64. The summed E-state index contributed by atoms with van der Waals surface area (Å²) in [5.41, 5.74) is 8.03. The first-order valence-corrected chi connectivity index (χ1v) is 7.50. The molecule has 5 nitrogen and oxygen atoms in total. The van der Waals surface area contributed by atoms with Gasteiger partial charge in [-0.15, -0.1) is 0 Å². The van der Waals surface area contributed by atoms with Crippen molar-refractivity contribution in [3.8, 4) is 0 Å². The number of piperidine rings is 1. The van der Waals surface area contributed by atoms with Crippen LogP contribution in [0.1, 0.15) is 30.1 Å². The van der Waals surface area contributed by atoms with Crippen molar-refractivity contribution < 1.29 is 9.53 Å². The Morgan fingerprint density at radius 3 is 2.90 bits per heavy atom. The molecule has 1 aliphatic rings. The zero-order chi connectivity index (χ0) is 15.4. The summed E-state index contributed by atoms with van der Waals surface area (Å²) in [6.45, 7) is 4.12. The average Bonchev–Trinajstić information content (AvgIpc) is 2.46. The Morgan fingerprint density at radius 1 is 1.48 bits per heavy atom. The lowest BCUT2D eigenvalue weighted by Gasteiger charge is -2.33.